The van der Waals surface area contributed by atoms with Crippen LogP contribution in [0.2, 0.25) is 0 Å². The molecule has 0 aliphatic heterocycles. The zero-order chi connectivity index (χ0) is 27.3. The molecule has 0 saturated carbocycles. The molecule has 41 heavy (non-hydrogen) atoms. The highest BCUT2D eigenvalue weighted by Crippen LogP contribution is 2.51. The average Bonchev–Trinajstić information content (AvgIpc) is 3.62. The van der Waals surface area contributed by atoms with E-state index < -0.39 is 0 Å². The molecule has 0 N–H and O–H groups in total. The molecule has 3 nitrogen and oxygen atoms in total. The highest BCUT2D eigenvalue weighted by atomic mass is 32.1. The lowest BCUT2D eigenvalue weighted by Gasteiger charge is -2.21. The van der Waals surface area contributed by atoms with Crippen molar-refractivity contribution in [1.29, 1.82) is 0 Å². The van der Waals surface area contributed by atoms with E-state index in [1.54, 1.807) is 11.3 Å². The second-order valence-corrected chi connectivity index (χ2v) is 12.6. The van der Waals surface area contributed by atoms with E-state index in [-0.39, 0.29) is 5.41 Å². The lowest BCUT2D eigenvalue weighted by atomic mass is 9.82. The fraction of sp³-hybridized carbons (Fsp3) is 0.0811. The monoisotopic (exact) mass is 543 g/mol. The lowest BCUT2D eigenvalue weighted by molar-refractivity contribution is 0.661. The minimum atomic E-state index is -0.0135. The molecule has 4 heteroatoms. The van der Waals surface area contributed by atoms with Gasteiger partial charge in [-0.25, -0.2) is 9.97 Å². The summed E-state index contributed by atoms with van der Waals surface area (Å²) >= 11 is 1.79. The Morgan fingerprint density at radius 3 is 2.17 bits per heavy atom. The smallest absolute Gasteiger partial charge is 0.159 e. The Hall–Kier alpha value is -4.80. The quantitative estimate of drug-likeness (QED) is 0.217. The van der Waals surface area contributed by atoms with Crippen molar-refractivity contribution in [2.24, 2.45) is 0 Å². The van der Waals surface area contributed by atoms with Gasteiger partial charge in [-0.15, -0.1) is 11.3 Å². The van der Waals surface area contributed by atoms with Gasteiger partial charge in [-0.2, -0.15) is 0 Å². The first kappa shape index (κ1) is 23.0. The van der Waals surface area contributed by atoms with Crippen LogP contribution < -0.4 is 0 Å². The number of para-hydroxylation sites is 2. The molecular weight excluding hydrogens is 518 g/mol. The third kappa shape index (κ3) is 3.14. The van der Waals surface area contributed by atoms with E-state index in [4.69, 9.17) is 9.97 Å². The van der Waals surface area contributed by atoms with E-state index >= 15 is 0 Å². The Balaban J connectivity index is 1.23. The number of fused-ring (bicyclic) bond motifs is 9. The molecule has 0 radical (unpaired) electrons. The van der Waals surface area contributed by atoms with Crippen molar-refractivity contribution in [3.63, 3.8) is 0 Å². The zero-order valence-corrected chi connectivity index (χ0v) is 23.5. The highest BCUT2D eigenvalue weighted by molar-refractivity contribution is 7.25. The molecule has 0 bridgehead atoms. The van der Waals surface area contributed by atoms with E-state index in [9.17, 15) is 0 Å². The number of hydrogen-bond donors (Lipinski definition) is 0. The maximum absolute atomic E-state index is 5.19. The normalized spacial score (nSPS) is 13.8. The van der Waals surface area contributed by atoms with E-state index in [1.807, 2.05) is 6.20 Å². The molecule has 0 spiro atoms. The summed E-state index contributed by atoms with van der Waals surface area (Å²) in [6, 6.07) is 39.4. The van der Waals surface area contributed by atoms with Crippen molar-refractivity contribution in [1.82, 2.24) is 14.5 Å². The Bertz CT molecular complexity index is 2300. The first-order valence-electron chi connectivity index (χ1n) is 14.0. The van der Waals surface area contributed by atoms with Crippen molar-refractivity contribution >= 4 is 53.4 Å². The van der Waals surface area contributed by atoms with Gasteiger partial charge in [0.2, 0.25) is 0 Å². The molecule has 0 unspecified atom stereocenters. The first-order chi connectivity index (χ1) is 20.1. The number of thiophene rings is 1. The summed E-state index contributed by atoms with van der Waals surface area (Å²) in [4.78, 5) is 10.0. The fourth-order valence-electron chi connectivity index (χ4n) is 6.88. The third-order valence-corrected chi connectivity index (χ3v) is 9.93. The van der Waals surface area contributed by atoms with Crippen LogP contribution in [0.25, 0.3) is 70.3 Å². The van der Waals surface area contributed by atoms with Gasteiger partial charge in [-0.05, 0) is 58.7 Å². The molecule has 0 atom stereocenters. The summed E-state index contributed by atoms with van der Waals surface area (Å²) in [5.74, 6) is 0.751. The van der Waals surface area contributed by atoms with Crippen LogP contribution >= 0.6 is 11.3 Å². The number of nitrogens with zero attached hydrogens (tertiary/aromatic N) is 3. The molecule has 3 heterocycles. The second kappa shape index (κ2) is 8.12. The van der Waals surface area contributed by atoms with Crippen LogP contribution in [0.1, 0.15) is 25.0 Å². The number of rotatable bonds is 2. The minimum absolute atomic E-state index is 0.0135. The van der Waals surface area contributed by atoms with E-state index in [2.05, 4.69) is 128 Å². The standard InChI is InChI=1S/C37H25N3S/c1-37(2)29-15-6-3-12-24(29)27-19-28-33(20-30(27)37)41-34-21-38-36(39-35(28)34)22-10-9-11-23(18-22)40-31-16-7-4-13-25(31)26-14-5-8-17-32(26)40/h3-21H,1-2H3. The Morgan fingerprint density at radius 1 is 0.634 bits per heavy atom. The van der Waals surface area contributed by atoms with Crippen LogP contribution in [0.3, 0.4) is 0 Å². The Morgan fingerprint density at radius 2 is 1.37 bits per heavy atom. The van der Waals surface area contributed by atoms with Gasteiger partial charge in [-0.3, -0.25) is 0 Å². The summed E-state index contributed by atoms with van der Waals surface area (Å²) in [6.45, 7) is 4.66. The van der Waals surface area contributed by atoms with Gasteiger partial charge in [0.15, 0.2) is 5.82 Å². The molecule has 9 rings (SSSR count). The van der Waals surface area contributed by atoms with Gasteiger partial charge >= 0.3 is 0 Å². The van der Waals surface area contributed by atoms with Crippen LogP contribution in [0.5, 0.6) is 0 Å². The second-order valence-electron chi connectivity index (χ2n) is 11.5. The van der Waals surface area contributed by atoms with Gasteiger partial charge in [0, 0.05) is 43.7 Å². The lowest BCUT2D eigenvalue weighted by Crippen LogP contribution is -2.14. The van der Waals surface area contributed by atoms with Crippen molar-refractivity contribution in [3.8, 4) is 28.2 Å². The Labute approximate surface area is 241 Å². The molecule has 1 aliphatic rings. The van der Waals surface area contributed by atoms with Crippen LogP contribution in [0.15, 0.2) is 115 Å². The summed E-state index contributed by atoms with van der Waals surface area (Å²) in [6.07, 6.45) is 2.00. The van der Waals surface area contributed by atoms with Crippen LogP contribution in [0, 0.1) is 0 Å². The third-order valence-electron chi connectivity index (χ3n) is 8.86. The van der Waals surface area contributed by atoms with Gasteiger partial charge in [0.1, 0.15) is 0 Å². The fourth-order valence-corrected chi connectivity index (χ4v) is 7.92. The molecule has 0 fully saturated rings. The SMILES string of the molecule is CC1(C)c2ccccc2-c2cc3c(cc21)sc1cnc(-c2cccc(-n4c5ccccc5c5ccccc54)c2)nc13. The van der Waals surface area contributed by atoms with Crippen molar-refractivity contribution in [3.05, 3.63) is 127 Å². The largest absolute Gasteiger partial charge is 0.309 e. The average molecular weight is 544 g/mol. The number of hydrogen-bond acceptors (Lipinski definition) is 3. The number of benzene rings is 5. The van der Waals surface area contributed by atoms with Crippen molar-refractivity contribution in [2.45, 2.75) is 19.3 Å². The minimum Gasteiger partial charge on any atom is -0.309 e. The molecule has 0 saturated heterocycles. The zero-order valence-electron chi connectivity index (χ0n) is 22.7. The maximum Gasteiger partial charge on any atom is 0.159 e. The predicted molar refractivity (Wildman–Crippen MR) is 172 cm³/mol. The molecule has 8 aromatic rings. The summed E-state index contributed by atoms with van der Waals surface area (Å²) in [7, 11) is 0. The molecular formula is C37H25N3S. The molecule has 194 valence electrons. The highest BCUT2D eigenvalue weighted by Gasteiger charge is 2.35. The van der Waals surface area contributed by atoms with Crippen LogP contribution in [0.4, 0.5) is 0 Å². The van der Waals surface area contributed by atoms with E-state index in [0.717, 1.165) is 27.3 Å². The Kier molecular flexibility index (Phi) is 4.55. The van der Waals surface area contributed by atoms with Gasteiger partial charge < -0.3 is 4.57 Å². The topological polar surface area (TPSA) is 30.7 Å². The molecule has 3 aromatic heterocycles. The van der Waals surface area contributed by atoms with Gasteiger partial charge in [0.05, 0.1) is 21.3 Å². The van der Waals surface area contributed by atoms with Gasteiger partial charge in [-0.1, -0.05) is 86.6 Å². The van der Waals surface area contributed by atoms with Crippen LogP contribution in [-0.2, 0) is 5.41 Å². The summed E-state index contributed by atoms with van der Waals surface area (Å²) in [5.41, 5.74) is 11.0. The molecule has 1 aliphatic carbocycles. The van der Waals surface area contributed by atoms with Gasteiger partial charge in [0.25, 0.3) is 0 Å². The van der Waals surface area contributed by atoms with E-state index in [0.29, 0.717) is 0 Å². The summed E-state index contributed by atoms with van der Waals surface area (Å²) < 4.78 is 4.73. The van der Waals surface area contributed by atoms with Crippen molar-refractivity contribution < 1.29 is 0 Å². The molecule has 5 aromatic carbocycles. The summed E-state index contributed by atoms with van der Waals surface area (Å²) in [5, 5.41) is 3.72. The first-order valence-corrected chi connectivity index (χ1v) is 14.8. The predicted octanol–water partition coefficient (Wildman–Crippen LogP) is 9.91. The molecule has 0 amide bonds. The van der Waals surface area contributed by atoms with Crippen molar-refractivity contribution in [2.75, 3.05) is 0 Å². The van der Waals surface area contributed by atoms with Crippen LogP contribution in [-0.4, -0.2) is 14.5 Å². The van der Waals surface area contributed by atoms with E-state index in [1.165, 1.54) is 54.1 Å². The number of aromatic nitrogens is 3. The maximum atomic E-state index is 5.19.